The molecule has 0 radical (unpaired) electrons. The molecule has 3 N–H and O–H groups in total. The van der Waals surface area contributed by atoms with Crippen molar-refractivity contribution in [3.8, 4) is 0 Å². The Kier molecular flexibility index (Phi) is 7.19. The fourth-order valence-electron chi connectivity index (χ4n) is 6.68. The summed E-state index contributed by atoms with van der Waals surface area (Å²) in [5.74, 6) is 0.525. The zero-order chi connectivity index (χ0) is 27.9. The van der Waals surface area contributed by atoms with E-state index in [9.17, 15) is 14.4 Å². The predicted octanol–water partition coefficient (Wildman–Crippen LogP) is 3.56. The van der Waals surface area contributed by atoms with Gasteiger partial charge in [0.2, 0.25) is 11.8 Å². The van der Waals surface area contributed by atoms with E-state index >= 15 is 0 Å². The third kappa shape index (κ3) is 5.40. The second-order valence-electron chi connectivity index (χ2n) is 12.8. The number of ether oxygens (including phenoxy) is 1. The average molecular weight is 548 g/mol. The predicted molar refractivity (Wildman–Crippen MR) is 151 cm³/mol. The molecule has 2 atom stereocenters. The SMILES string of the molecule is Cn1nccc1C(=O)N[C@H](C(=O)Nc1cccc(C2(C(=O)NCC3(C)CCC3)CCOC2)c1)C(C1CC1)C1CC1. The summed E-state index contributed by atoms with van der Waals surface area (Å²) in [6.07, 6.45) is 10.1. The molecule has 1 aliphatic heterocycles. The zero-order valence-corrected chi connectivity index (χ0v) is 23.6. The van der Waals surface area contributed by atoms with Crippen LogP contribution in [0.15, 0.2) is 36.5 Å². The van der Waals surface area contributed by atoms with Crippen LogP contribution in [0.25, 0.3) is 0 Å². The van der Waals surface area contributed by atoms with Gasteiger partial charge in [-0.3, -0.25) is 19.1 Å². The Labute approximate surface area is 235 Å². The first-order valence-corrected chi connectivity index (χ1v) is 14.8. The fourth-order valence-corrected chi connectivity index (χ4v) is 6.68. The van der Waals surface area contributed by atoms with E-state index in [2.05, 4.69) is 28.0 Å². The van der Waals surface area contributed by atoms with E-state index in [1.807, 2.05) is 24.3 Å². The highest BCUT2D eigenvalue weighted by molar-refractivity contribution is 6.01. The highest BCUT2D eigenvalue weighted by Crippen LogP contribution is 2.51. The average Bonchev–Trinajstić information content (AvgIpc) is 3.85. The van der Waals surface area contributed by atoms with Crippen molar-refractivity contribution in [3.63, 3.8) is 0 Å². The Morgan fingerprint density at radius 3 is 2.42 bits per heavy atom. The maximum Gasteiger partial charge on any atom is 0.270 e. The van der Waals surface area contributed by atoms with E-state index < -0.39 is 11.5 Å². The number of rotatable bonds is 11. The number of anilines is 1. The van der Waals surface area contributed by atoms with Gasteiger partial charge in [0.15, 0.2) is 0 Å². The number of carbonyl (C=O) groups is 3. The van der Waals surface area contributed by atoms with Crippen molar-refractivity contribution in [3.05, 3.63) is 47.8 Å². The molecule has 1 unspecified atom stereocenters. The Bertz CT molecular complexity index is 1260. The smallest absolute Gasteiger partial charge is 0.270 e. The summed E-state index contributed by atoms with van der Waals surface area (Å²) in [5.41, 5.74) is 1.29. The van der Waals surface area contributed by atoms with Crippen LogP contribution in [0.2, 0.25) is 0 Å². The van der Waals surface area contributed by atoms with Crippen molar-refractivity contribution in [2.75, 3.05) is 25.1 Å². The van der Waals surface area contributed by atoms with Crippen LogP contribution in [0.3, 0.4) is 0 Å². The number of amides is 3. The minimum atomic E-state index is -0.779. The second kappa shape index (κ2) is 10.7. The summed E-state index contributed by atoms with van der Waals surface area (Å²) in [7, 11) is 1.72. The number of nitrogens with zero attached hydrogens (tertiary/aromatic N) is 2. The highest BCUT2D eigenvalue weighted by atomic mass is 16.5. The number of carbonyl (C=O) groups excluding carboxylic acids is 3. The molecule has 214 valence electrons. The number of aromatic nitrogens is 2. The monoisotopic (exact) mass is 547 g/mol. The maximum absolute atomic E-state index is 13.9. The number of hydrogen-bond donors (Lipinski definition) is 3. The van der Waals surface area contributed by atoms with Crippen molar-refractivity contribution in [2.24, 2.45) is 30.2 Å². The summed E-state index contributed by atoms with van der Waals surface area (Å²) in [4.78, 5) is 40.6. The maximum atomic E-state index is 13.9. The molecule has 4 aliphatic rings. The van der Waals surface area contributed by atoms with Gasteiger partial charge in [0.25, 0.3) is 5.91 Å². The molecule has 2 heterocycles. The van der Waals surface area contributed by atoms with Crippen LogP contribution in [-0.2, 0) is 26.8 Å². The number of nitrogens with one attached hydrogen (secondary N) is 3. The molecule has 0 spiro atoms. The van der Waals surface area contributed by atoms with Gasteiger partial charge in [0.1, 0.15) is 11.7 Å². The lowest BCUT2D eigenvalue weighted by Gasteiger charge is -2.39. The van der Waals surface area contributed by atoms with Crippen LogP contribution in [0, 0.1) is 23.2 Å². The van der Waals surface area contributed by atoms with Gasteiger partial charge in [-0.25, -0.2) is 0 Å². The highest BCUT2D eigenvalue weighted by Gasteiger charge is 2.49. The number of hydrogen-bond acceptors (Lipinski definition) is 5. The van der Waals surface area contributed by atoms with Crippen LogP contribution >= 0.6 is 0 Å². The van der Waals surface area contributed by atoms with Crippen LogP contribution < -0.4 is 16.0 Å². The molecule has 2 aromatic rings. The molecule has 4 fully saturated rings. The summed E-state index contributed by atoms with van der Waals surface area (Å²) in [5, 5.41) is 13.5. The molecule has 1 aromatic heterocycles. The summed E-state index contributed by atoms with van der Waals surface area (Å²) in [6.45, 7) is 3.74. The van der Waals surface area contributed by atoms with Crippen molar-refractivity contribution >= 4 is 23.4 Å². The largest absolute Gasteiger partial charge is 0.380 e. The standard InChI is InChI=1S/C31H41N5O4/c1-30(12-4-13-30)18-32-29(39)31(14-16-40-19-31)22-5-3-6-23(17-22)34-28(38)26(25(20-7-8-20)21-9-10-21)35-27(37)24-11-15-33-36(24)2/h3,5-6,11,15,17,20-21,25-26H,4,7-10,12-14,16,18-19H2,1-2H3,(H,32,39)(H,34,38)(H,35,37)/t26-,31?/m0/s1. The van der Waals surface area contributed by atoms with Crippen molar-refractivity contribution < 1.29 is 19.1 Å². The van der Waals surface area contributed by atoms with Gasteiger partial charge in [-0.1, -0.05) is 25.5 Å². The second-order valence-corrected chi connectivity index (χ2v) is 12.8. The first kappa shape index (κ1) is 27.0. The zero-order valence-electron chi connectivity index (χ0n) is 23.6. The lowest BCUT2D eigenvalue weighted by atomic mass is 9.70. The van der Waals surface area contributed by atoms with E-state index in [4.69, 9.17) is 4.74 Å². The summed E-state index contributed by atoms with van der Waals surface area (Å²) in [6, 6.07) is 8.61. The molecule has 9 heteroatoms. The van der Waals surface area contributed by atoms with Gasteiger partial charge in [-0.2, -0.15) is 5.10 Å². The third-order valence-electron chi connectivity index (χ3n) is 9.72. The van der Waals surface area contributed by atoms with Gasteiger partial charge in [0, 0.05) is 32.1 Å². The molecular formula is C31H41N5O4. The van der Waals surface area contributed by atoms with Crippen LogP contribution in [-0.4, -0.2) is 53.3 Å². The minimum Gasteiger partial charge on any atom is -0.380 e. The van der Waals surface area contributed by atoms with Crippen molar-refractivity contribution in [1.82, 2.24) is 20.4 Å². The molecule has 1 saturated heterocycles. The van der Waals surface area contributed by atoms with E-state index in [0.717, 1.165) is 44.1 Å². The van der Waals surface area contributed by atoms with E-state index in [1.165, 1.54) is 11.1 Å². The van der Waals surface area contributed by atoms with Gasteiger partial charge < -0.3 is 20.7 Å². The lowest BCUT2D eigenvalue weighted by molar-refractivity contribution is -0.127. The van der Waals surface area contributed by atoms with Gasteiger partial charge in [-0.15, -0.1) is 0 Å². The summed E-state index contributed by atoms with van der Waals surface area (Å²) < 4.78 is 7.28. The molecule has 40 heavy (non-hydrogen) atoms. The van der Waals surface area contributed by atoms with Gasteiger partial charge >= 0.3 is 0 Å². The fraction of sp³-hybridized carbons (Fsp3) is 0.613. The topological polar surface area (TPSA) is 114 Å². The first-order chi connectivity index (χ1) is 19.3. The normalized spacial score (nSPS) is 24.3. The molecule has 0 bridgehead atoms. The molecule has 1 aromatic carbocycles. The molecule has 9 nitrogen and oxygen atoms in total. The lowest BCUT2D eigenvalue weighted by Crippen LogP contribution is -2.50. The van der Waals surface area contributed by atoms with Gasteiger partial charge in [-0.05, 0) is 91.9 Å². The molecular weight excluding hydrogens is 506 g/mol. The van der Waals surface area contributed by atoms with E-state index in [0.29, 0.717) is 49.4 Å². The number of aryl methyl sites for hydroxylation is 1. The first-order valence-electron chi connectivity index (χ1n) is 14.8. The minimum absolute atomic E-state index is 0.00884. The molecule has 3 amide bonds. The molecule has 6 rings (SSSR count). The van der Waals surface area contributed by atoms with E-state index in [1.54, 1.807) is 19.3 Å². The number of benzene rings is 1. The van der Waals surface area contributed by atoms with Crippen LogP contribution in [0.4, 0.5) is 5.69 Å². The van der Waals surface area contributed by atoms with Crippen molar-refractivity contribution in [1.29, 1.82) is 0 Å². The summed E-state index contributed by atoms with van der Waals surface area (Å²) >= 11 is 0. The van der Waals surface area contributed by atoms with Gasteiger partial charge in [0.05, 0.1) is 12.0 Å². The van der Waals surface area contributed by atoms with Crippen LogP contribution in [0.1, 0.15) is 74.3 Å². The third-order valence-corrected chi connectivity index (χ3v) is 9.72. The Morgan fingerprint density at radius 2 is 1.85 bits per heavy atom. The molecule has 3 aliphatic carbocycles. The Balaban J connectivity index is 1.21. The molecule has 3 saturated carbocycles. The van der Waals surface area contributed by atoms with E-state index in [-0.39, 0.29) is 29.1 Å². The Hall–Kier alpha value is -3.20. The Morgan fingerprint density at radius 1 is 1.10 bits per heavy atom. The van der Waals surface area contributed by atoms with Crippen molar-refractivity contribution in [2.45, 2.75) is 69.7 Å². The quantitative estimate of drug-likeness (QED) is 0.398. The van der Waals surface area contributed by atoms with Crippen LogP contribution in [0.5, 0.6) is 0 Å².